The predicted molar refractivity (Wildman–Crippen MR) is 136 cm³/mol. The third-order valence-corrected chi connectivity index (χ3v) is 11.0. The Labute approximate surface area is 192 Å². The molecule has 4 aromatic carbocycles. The molecule has 0 aromatic heterocycles. The first-order valence-electron chi connectivity index (χ1n) is 11.0. The summed E-state index contributed by atoms with van der Waals surface area (Å²) in [5.74, 6) is 0.279. The lowest BCUT2D eigenvalue weighted by Gasteiger charge is -2.43. The van der Waals surface area contributed by atoms with Gasteiger partial charge in [0.1, 0.15) is 5.75 Å². The van der Waals surface area contributed by atoms with Crippen LogP contribution in [0.4, 0.5) is 0 Å². The predicted octanol–water partition coefficient (Wildman–Crippen LogP) is 6.14. The molecule has 4 aromatic rings. The first-order valence-corrected chi connectivity index (χ1v) is 12.9. The van der Waals surface area contributed by atoms with Crippen molar-refractivity contribution in [2.45, 2.75) is 32.4 Å². The molecule has 0 aliphatic carbocycles. The zero-order valence-electron chi connectivity index (χ0n) is 19.0. The number of aromatic hydroxyl groups is 1. The summed E-state index contributed by atoms with van der Waals surface area (Å²) in [5, 5.41) is 12.3. The fraction of sp³-hybridized carbons (Fsp3) is 0.172. The average Bonchev–Trinajstić information content (AvgIpc) is 2.80. The summed E-state index contributed by atoms with van der Waals surface area (Å²) in [6.45, 7) is 7.44. The number of rotatable bonds is 6. The van der Waals surface area contributed by atoms with Gasteiger partial charge in [-0.15, -0.1) is 0 Å². The maximum Gasteiger partial charge on any atom is 0.261 e. The summed E-state index contributed by atoms with van der Waals surface area (Å²) in [4.78, 5) is 0. The molecule has 0 unspecified atom stereocenters. The van der Waals surface area contributed by atoms with E-state index in [9.17, 15) is 5.11 Å². The smallest absolute Gasteiger partial charge is 0.261 e. The Morgan fingerprint density at radius 2 is 1.22 bits per heavy atom. The van der Waals surface area contributed by atoms with Crippen LogP contribution in [0, 0.1) is 0 Å². The second kappa shape index (κ2) is 9.15. The Hall–Kier alpha value is -3.14. The molecule has 0 saturated carbocycles. The van der Waals surface area contributed by atoms with E-state index in [-0.39, 0.29) is 10.8 Å². The van der Waals surface area contributed by atoms with Crippen molar-refractivity contribution in [1.29, 1.82) is 0 Å². The fourth-order valence-corrected chi connectivity index (χ4v) is 8.97. The molecule has 1 N–H and O–H groups in total. The van der Waals surface area contributed by atoms with Gasteiger partial charge in [-0.3, -0.25) is 0 Å². The Balaban J connectivity index is 1.68. The van der Waals surface area contributed by atoms with Gasteiger partial charge in [0.2, 0.25) is 0 Å². The van der Waals surface area contributed by atoms with Crippen molar-refractivity contribution in [2.75, 3.05) is 0 Å². The van der Waals surface area contributed by atoms with Crippen molar-refractivity contribution in [3.05, 3.63) is 115 Å². The van der Waals surface area contributed by atoms with Gasteiger partial charge in [-0.1, -0.05) is 118 Å². The third-order valence-electron chi connectivity index (χ3n) is 6.01. The molecule has 0 fully saturated rings. The minimum atomic E-state index is -2.55. The van der Waals surface area contributed by atoms with Crippen LogP contribution < -0.4 is 10.4 Å². The van der Waals surface area contributed by atoms with E-state index in [2.05, 4.69) is 106 Å². The highest BCUT2D eigenvalue weighted by molar-refractivity contribution is 6.99. The second-order valence-corrected chi connectivity index (χ2v) is 13.5. The summed E-state index contributed by atoms with van der Waals surface area (Å²) in [6, 6.07) is 37.2. The zero-order valence-corrected chi connectivity index (χ0v) is 20.0. The van der Waals surface area contributed by atoms with E-state index in [0.717, 1.165) is 16.7 Å². The highest BCUT2D eigenvalue weighted by atomic mass is 28.4. The molecular weight excluding hydrogens is 408 g/mol. The Morgan fingerprint density at radius 1 is 0.656 bits per heavy atom. The lowest BCUT2D eigenvalue weighted by Crippen LogP contribution is -2.66. The molecule has 0 saturated heterocycles. The topological polar surface area (TPSA) is 29.5 Å². The monoisotopic (exact) mass is 438 g/mol. The highest BCUT2D eigenvalue weighted by Gasteiger charge is 2.50. The van der Waals surface area contributed by atoms with Gasteiger partial charge in [-0.05, 0) is 44.2 Å². The van der Waals surface area contributed by atoms with Crippen LogP contribution in [0.25, 0.3) is 11.1 Å². The molecule has 0 bridgehead atoms. The van der Waals surface area contributed by atoms with Crippen molar-refractivity contribution in [1.82, 2.24) is 0 Å². The Morgan fingerprint density at radius 3 is 1.72 bits per heavy atom. The van der Waals surface area contributed by atoms with Crippen molar-refractivity contribution in [3.8, 4) is 16.9 Å². The minimum absolute atomic E-state index is 0.0444. The maximum atomic E-state index is 9.78. The van der Waals surface area contributed by atoms with E-state index >= 15 is 0 Å². The van der Waals surface area contributed by atoms with Crippen LogP contribution >= 0.6 is 0 Å². The van der Waals surface area contributed by atoms with Crippen molar-refractivity contribution in [2.24, 2.45) is 0 Å². The standard InChI is InChI=1S/C29H30O2Si/c1-29(2,3)32(27-13-6-4-7-14-27,28-15-8-5-9-16-28)31-22-23-17-19-24(20-18-23)25-11-10-12-26(30)21-25/h4-21,30H,22H2,1-3H3. The summed E-state index contributed by atoms with van der Waals surface area (Å²) >= 11 is 0. The maximum absolute atomic E-state index is 9.78. The molecule has 162 valence electrons. The van der Waals surface area contributed by atoms with E-state index in [4.69, 9.17) is 4.43 Å². The van der Waals surface area contributed by atoms with Crippen LogP contribution in [-0.4, -0.2) is 13.4 Å². The summed E-state index contributed by atoms with van der Waals surface area (Å²) < 4.78 is 7.02. The van der Waals surface area contributed by atoms with Gasteiger partial charge in [0, 0.05) is 0 Å². The molecule has 3 heteroatoms. The molecule has 32 heavy (non-hydrogen) atoms. The first kappa shape index (κ1) is 22.1. The zero-order chi connectivity index (χ0) is 22.6. The lowest BCUT2D eigenvalue weighted by atomic mass is 10.0. The molecule has 0 heterocycles. The number of benzene rings is 4. The molecule has 0 aliphatic heterocycles. The van der Waals surface area contributed by atoms with Crippen LogP contribution in [0.2, 0.25) is 5.04 Å². The van der Waals surface area contributed by atoms with E-state index in [1.165, 1.54) is 10.4 Å². The van der Waals surface area contributed by atoms with Gasteiger partial charge < -0.3 is 9.53 Å². The van der Waals surface area contributed by atoms with Crippen LogP contribution in [0.15, 0.2) is 109 Å². The summed E-state index contributed by atoms with van der Waals surface area (Å²) in [7, 11) is -2.55. The van der Waals surface area contributed by atoms with Gasteiger partial charge in [0.15, 0.2) is 0 Å². The van der Waals surface area contributed by atoms with Crippen LogP contribution in [0.1, 0.15) is 26.3 Å². The first-order chi connectivity index (χ1) is 15.4. The molecule has 0 aliphatic rings. The fourth-order valence-electron chi connectivity index (χ4n) is 4.43. The van der Waals surface area contributed by atoms with E-state index < -0.39 is 8.32 Å². The second-order valence-electron chi connectivity index (χ2n) is 9.20. The van der Waals surface area contributed by atoms with E-state index in [0.29, 0.717) is 6.61 Å². The Bertz CT molecular complexity index is 1110. The van der Waals surface area contributed by atoms with Crippen molar-refractivity contribution < 1.29 is 9.53 Å². The molecule has 0 amide bonds. The number of hydrogen-bond donors (Lipinski definition) is 1. The normalized spacial score (nSPS) is 12.0. The summed E-state index contributed by atoms with van der Waals surface area (Å²) in [6.07, 6.45) is 0. The van der Waals surface area contributed by atoms with Gasteiger partial charge in [-0.2, -0.15) is 0 Å². The molecular formula is C29H30O2Si. The molecule has 0 spiro atoms. The largest absolute Gasteiger partial charge is 0.508 e. The average molecular weight is 439 g/mol. The van der Waals surface area contributed by atoms with E-state index in [1.807, 2.05) is 12.1 Å². The van der Waals surface area contributed by atoms with Crippen LogP contribution in [-0.2, 0) is 11.0 Å². The van der Waals surface area contributed by atoms with E-state index in [1.54, 1.807) is 12.1 Å². The van der Waals surface area contributed by atoms with Gasteiger partial charge in [0.25, 0.3) is 8.32 Å². The van der Waals surface area contributed by atoms with Gasteiger partial charge in [0.05, 0.1) is 6.61 Å². The van der Waals surface area contributed by atoms with Crippen LogP contribution in [0.3, 0.4) is 0 Å². The lowest BCUT2D eigenvalue weighted by molar-refractivity contribution is 0.286. The minimum Gasteiger partial charge on any atom is -0.508 e. The van der Waals surface area contributed by atoms with Gasteiger partial charge in [-0.25, -0.2) is 0 Å². The quantitative estimate of drug-likeness (QED) is 0.367. The molecule has 0 atom stereocenters. The van der Waals surface area contributed by atoms with Crippen molar-refractivity contribution in [3.63, 3.8) is 0 Å². The number of phenols is 1. The SMILES string of the molecule is CC(C)(C)[Si](OCc1ccc(-c2cccc(O)c2)cc1)(c1ccccc1)c1ccccc1. The Kier molecular flexibility index (Phi) is 6.31. The van der Waals surface area contributed by atoms with Crippen molar-refractivity contribution >= 4 is 18.7 Å². The molecule has 2 nitrogen and oxygen atoms in total. The van der Waals surface area contributed by atoms with Crippen LogP contribution in [0.5, 0.6) is 5.75 Å². The molecule has 0 radical (unpaired) electrons. The highest BCUT2D eigenvalue weighted by Crippen LogP contribution is 2.37. The summed E-state index contributed by atoms with van der Waals surface area (Å²) in [5.41, 5.74) is 3.22. The van der Waals surface area contributed by atoms with Gasteiger partial charge >= 0.3 is 0 Å². The third kappa shape index (κ3) is 4.40. The number of hydrogen-bond acceptors (Lipinski definition) is 2. The molecule has 4 rings (SSSR count). The number of phenolic OH excluding ortho intramolecular Hbond substituents is 1.